The molecule has 4 nitrogen and oxygen atoms in total. The van der Waals surface area contributed by atoms with E-state index in [1.807, 2.05) is 24.3 Å². The van der Waals surface area contributed by atoms with Crippen LogP contribution in [0.5, 0.6) is 0 Å². The van der Waals surface area contributed by atoms with Gasteiger partial charge in [-0.3, -0.25) is 9.36 Å². The molecule has 0 aliphatic rings. The Balaban J connectivity index is 1.95. The highest BCUT2D eigenvalue weighted by Crippen LogP contribution is 2.22. The van der Waals surface area contributed by atoms with Gasteiger partial charge in [0.2, 0.25) is 0 Å². The maximum Gasteiger partial charge on any atom is 0.263 e. The zero-order valence-corrected chi connectivity index (χ0v) is 16.4. The first-order valence-electron chi connectivity index (χ1n) is 7.63. The fourth-order valence-electron chi connectivity index (χ4n) is 2.45. The van der Waals surface area contributed by atoms with Crippen LogP contribution in [0.25, 0.3) is 10.2 Å². The van der Waals surface area contributed by atoms with Crippen LogP contribution in [0.2, 0.25) is 9.36 Å². The van der Waals surface area contributed by atoms with E-state index in [4.69, 9.17) is 23.2 Å². The van der Waals surface area contributed by atoms with Gasteiger partial charge in [-0.05, 0) is 48.5 Å². The molecule has 0 spiro atoms. The Hall–Kier alpha value is -1.99. The minimum absolute atomic E-state index is 0.121. The lowest BCUT2D eigenvalue weighted by atomic mass is 10.3. The van der Waals surface area contributed by atoms with Gasteiger partial charge < -0.3 is 0 Å². The standard InChI is InChI=1S/C18H11Cl2N3OS2/c19-11-3-5-12(6-4-11)22-18-23(10-13-7-8-15(20)25-13)17(24)14-2-1-9-21-16(14)26-18/h1-9H,10H2/b22-18-. The van der Waals surface area contributed by atoms with E-state index in [1.165, 1.54) is 22.7 Å². The second kappa shape index (κ2) is 7.32. The van der Waals surface area contributed by atoms with Crippen molar-refractivity contribution < 1.29 is 0 Å². The number of halogens is 2. The Morgan fingerprint density at radius 3 is 2.58 bits per heavy atom. The number of benzene rings is 1. The van der Waals surface area contributed by atoms with Gasteiger partial charge in [-0.2, -0.15) is 0 Å². The Kier molecular flexibility index (Phi) is 4.91. The Bertz CT molecular complexity index is 1210. The summed E-state index contributed by atoms with van der Waals surface area (Å²) in [5, 5.41) is 1.22. The van der Waals surface area contributed by atoms with Crippen LogP contribution in [0, 0.1) is 0 Å². The fraction of sp³-hybridized carbons (Fsp3) is 0.0556. The third kappa shape index (κ3) is 3.59. The summed E-state index contributed by atoms with van der Waals surface area (Å²) >= 11 is 14.8. The van der Waals surface area contributed by atoms with Gasteiger partial charge in [0.1, 0.15) is 4.83 Å². The Morgan fingerprint density at radius 2 is 1.85 bits per heavy atom. The zero-order valence-electron chi connectivity index (χ0n) is 13.2. The molecule has 0 radical (unpaired) electrons. The summed E-state index contributed by atoms with van der Waals surface area (Å²) in [5.74, 6) is 0. The highest BCUT2D eigenvalue weighted by molar-refractivity contribution is 7.16. The van der Waals surface area contributed by atoms with Gasteiger partial charge in [-0.25, -0.2) is 9.98 Å². The van der Waals surface area contributed by atoms with Crippen molar-refractivity contribution in [3.63, 3.8) is 0 Å². The summed E-state index contributed by atoms with van der Waals surface area (Å²) < 4.78 is 2.35. The van der Waals surface area contributed by atoms with Crippen LogP contribution in [-0.2, 0) is 6.54 Å². The van der Waals surface area contributed by atoms with Crippen LogP contribution in [0.15, 0.2) is 64.5 Å². The van der Waals surface area contributed by atoms with Gasteiger partial charge in [-0.15, -0.1) is 11.3 Å². The summed E-state index contributed by atoms with van der Waals surface area (Å²) in [6.45, 7) is 0.407. The molecule has 0 fully saturated rings. The zero-order chi connectivity index (χ0) is 18.1. The largest absolute Gasteiger partial charge is 0.279 e. The lowest BCUT2D eigenvalue weighted by Gasteiger charge is -2.06. The van der Waals surface area contributed by atoms with Gasteiger partial charge >= 0.3 is 0 Å². The third-order valence-electron chi connectivity index (χ3n) is 3.66. The second-order valence-corrected chi connectivity index (χ2v) is 8.62. The van der Waals surface area contributed by atoms with Gasteiger partial charge in [0.05, 0.1) is 22.0 Å². The highest BCUT2D eigenvalue weighted by atomic mass is 35.5. The first kappa shape index (κ1) is 17.4. The first-order chi connectivity index (χ1) is 12.6. The SMILES string of the molecule is O=c1c2cccnc2s/c(=N\c2ccc(Cl)cc2)n1Cc1ccc(Cl)s1. The lowest BCUT2D eigenvalue weighted by Crippen LogP contribution is -2.32. The molecule has 0 unspecified atom stereocenters. The second-order valence-electron chi connectivity index (χ2n) is 5.43. The van der Waals surface area contributed by atoms with E-state index in [0.717, 1.165) is 10.6 Å². The van der Waals surface area contributed by atoms with Gasteiger partial charge in [0.15, 0.2) is 4.80 Å². The average Bonchev–Trinajstić information content (AvgIpc) is 3.05. The molecule has 0 aliphatic heterocycles. The summed E-state index contributed by atoms with van der Waals surface area (Å²) in [4.78, 5) is 24.2. The van der Waals surface area contributed by atoms with Crippen molar-refractivity contribution in [2.75, 3.05) is 0 Å². The smallest absolute Gasteiger partial charge is 0.263 e. The Labute approximate surface area is 166 Å². The van der Waals surface area contributed by atoms with Crippen molar-refractivity contribution in [1.82, 2.24) is 9.55 Å². The predicted octanol–water partition coefficient (Wildman–Crippen LogP) is 5.11. The van der Waals surface area contributed by atoms with Crippen molar-refractivity contribution in [2.45, 2.75) is 6.54 Å². The molecule has 3 heterocycles. The molecule has 0 amide bonds. The number of pyridine rings is 1. The molecule has 4 aromatic rings. The quantitative estimate of drug-likeness (QED) is 0.463. The Morgan fingerprint density at radius 1 is 1.04 bits per heavy atom. The molecule has 0 saturated carbocycles. The number of hydrogen-bond acceptors (Lipinski definition) is 5. The van der Waals surface area contributed by atoms with Crippen LogP contribution in [0.3, 0.4) is 0 Å². The van der Waals surface area contributed by atoms with Crippen molar-refractivity contribution in [2.24, 2.45) is 4.99 Å². The van der Waals surface area contributed by atoms with Crippen molar-refractivity contribution in [3.05, 3.63) is 84.1 Å². The molecular weight excluding hydrogens is 409 g/mol. The highest BCUT2D eigenvalue weighted by Gasteiger charge is 2.10. The summed E-state index contributed by atoms with van der Waals surface area (Å²) in [6.07, 6.45) is 1.67. The van der Waals surface area contributed by atoms with E-state index in [9.17, 15) is 4.79 Å². The molecule has 1 aromatic carbocycles. The minimum Gasteiger partial charge on any atom is -0.279 e. The van der Waals surface area contributed by atoms with E-state index in [-0.39, 0.29) is 5.56 Å². The lowest BCUT2D eigenvalue weighted by molar-refractivity contribution is 0.748. The molecular formula is C18H11Cl2N3OS2. The van der Waals surface area contributed by atoms with E-state index in [2.05, 4.69) is 9.98 Å². The number of aromatic nitrogens is 2. The van der Waals surface area contributed by atoms with Crippen molar-refractivity contribution >= 4 is 61.8 Å². The number of nitrogens with zero attached hydrogens (tertiary/aromatic N) is 3. The molecule has 26 heavy (non-hydrogen) atoms. The van der Waals surface area contributed by atoms with Crippen LogP contribution < -0.4 is 10.4 Å². The van der Waals surface area contributed by atoms with Crippen LogP contribution >= 0.6 is 45.9 Å². The minimum atomic E-state index is -0.121. The summed E-state index contributed by atoms with van der Waals surface area (Å²) in [7, 11) is 0. The number of fused-ring (bicyclic) bond motifs is 1. The third-order valence-corrected chi connectivity index (χ3v) is 6.14. The van der Waals surface area contributed by atoms with Crippen molar-refractivity contribution in [3.8, 4) is 0 Å². The summed E-state index contributed by atoms with van der Waals surface area (Å²) in [5.41, 5.74) is 0.599. The van der Waals surface area contributed by atoms with E-state index < -0.39 is 0 Å². The molecule has 3 aromatic heterocycles. The maximum atomic E-state index is 13.0. The maximum absolute atomic E-state index is 13.0. The molecule has 0 aliphatic carbocycles. The van der Waals surface area contributed by atoms with E-state index in [1.54, 1.807) is 35.0 Å². The summed E-state index contributed by atoms with van der Waals surface area (Å²) in [6, 6.07) is 14.5. The van der Waals surface area contributed by atoms with Crippen molar-refractivity contribution in [1.29, 1.82) is 0 Å². The van der Waals surface area contributed by atoms with Crippen LogP contribution in [-0.4, -0.2) is 9.55 Å². The number of rotatable bonds is 3. The van der Waals surface area contributed by atoms with Gasteiger partial charge in [-0.1, -0.05) is 34.5 Å². The first-order valence-corrected chi connectivity index (χ1v) is 10.0. The molecule has 0 N–H and O–H groups in total. The van der Waals surface area contributed by atoms with E-state index >= 15 is 0 Å². The molecule has 4 rings (SSSR count). The predicted molar refractivity (Wildman–Crippen MR) is 109 cm³/mol. The normalized spacial score (nSPS) is 12.0. The topological polar surface area (TPSA) is 47.2 Å². The molecule has 0 atom stereocenters. The number of hydrogen-bond donors (Lipinski definition) is 0. The van der Waals surface area contributed by atoms with E-state index in [0.29, 0.717) is 30.9 Å². The molecule has 0 bridgehead atoms. The number of thiophene rings is 1. The molecule has 0 saturated heterocycles. The molecule has 8 heteroatoms. The van der Waals surface area contributed by atoms with Gasteiger partial charge in [0, 0.05) is 16.1 Å². The molecule has 130 valence electrons. The van der Waals surface area contributed by atoms with Crippen LogP contribution in [0.4, 0.5) is 5.69 Å². The fourth-order valence-corrected chi connectivity index (χ4v) is 4.61. The van der Waals surface area contributed by atoms with Crippen LogP contribution in [0.1, 0.15) is 4.88 Å². The average molecular weight is 420 g/mol. The monoisotopic (exact) mass is 419 g/mol. The van der Waals surface area contributed by atoms with Gasteiger partial charge in [0.25, 0.3) is 5.56 Å².